The monoisotopic (exact) mass is 440 g/mol. The Morgan fingerprint density at radius 3 is 1.52 bits per heavy atom. The van der Waals surface area contributed by atoms with E-state index in [0.717, 1.165) is 0 Å². The molecule has 0 N–H and O–H groups in total. The average molecular weight is 441 g/mol. The van der Waals surface area contributed by atoms with Crippen LogP contribution in [0.4, 0.5) is 0 Å². The Morgan fingerprint density at radius 1 is 0.455 bits per heavy atom. The third-order valence-electron chi connectivity index (χ3n) is 6.79. The van der Waals surface area contributed by atoms with E-state index >= 15 is 0 Å². The van der Waals surface area contributed by atoms with Gasteiger partial charge < -0.3 is 4.43 Å². The SMILES string of the molecule is CO[Si](c1ccc2ccccc2c1)(c1ccc2ccccc2c1)c1cccc2ccccc12. The fraction of sp³-hybridized carbons (Fsp3) is 0.0323. The van der Waals surface area contributed by atoms with Crippen molar-refractivity contribution >= 4 is 56.2 Å². The molecule has 158 valence electrons. The van der Waals surface area contributed by atoms with E-state index in [1.54, 1.807) is 0 Å². The van der Waals surface area contributed by atoms with Gasteiger partial charge in [0.1, 0.15) is 0 Å². The lowest BCUT2D eigenvalue weighted by atomic mass is 10.1. The second-order valence-corrected chi connectivity index (χ2v) is 12.0. The minimum absolute atomic E-state index is 1.24. The molecule has 0 atom stereocenters. The van der Waals surface area contributed by atoms with Crippen molar-refractivity contribution in [2.24, 2.45) is 0 Å². The van der Waals surface area contributed by atoms with Crippen LogP contribution in [0.3, 0.4) is 0 Å². The predicted molar refractivity (Wildman–Crippen MR) is 144 cm³/mol. The standard InChI is InChI=1S/C31H24OSi/c1-32-33(28-19-17-23-9-2-4-12-26(23)21-28,29-20-18-24-10-3-5-13-27(24)22-29)31-16-8-14-25-11-6-7-15-30(25)31/h2-22H,1H3. The summed E-state index contributed by atoms with van der Waals surface area (Å²) < 4.78 is 6.74. The van der Waals surface area contributed by atoms with Crippen LogP contribution in [-0.4, -0.2) is 15.4 Å². The van der Waals surface area contributed by atoms with Gasteiger partial charge >= 0.3 is 0 Å². The highest BCUT2D eigenvalue weighted by atomic mass is 28.4. The van der Waals surface area contributed by atoms with E-state index in [1.165, 1.54) is 47.9 Å². The predicted octanol–water partition coefficient (Wildman–Crippen LogP) is 5.76. The number of fused-ring (bicyclic) bond motifs is 3. The van der Waals surface area contributed by atoms with E-state index in [2.05, 4.69) is 127 Å². The summed E-state index contributed by atoms with van der Waals surface area (Å²) in [5.41, 5.74) is 0. The van der Waals surface area contributed by atoms with Crippen LogP contribution in [0.2, 0.25) is 0 Å². The molecule has 6 aromatic carbocycles. The van der Waals surface area contributed by atoms with Gasteiger partial charge in [-0.2, -0.15) is 0 Å². The molecule has 0 unspecified atom stereocenters. The summed E-state index contributed by atoms with van der Waals surface area (Å²) in [6, 6.07) is 46.1. The summed E-state index contributed by atoms with van der Waals surface area (Å²) in [5.74, 6) is 0. The zero-order valence-electron chi connectivity index (χ0n) is 18.5. The van der Waals surface area contributed by atoms with Gasteiger partial charge in [0.05, 0.1) is 0 Å². The second-order valence-electron chi connectivity index (χ2n) is 8.54. The summed E-state index contributed by atoms with van der Waals surface area (Å²) in [6.07, 6.45) is 0. The molecule has 1 nitrogen and oxygen atoms in total. The highest BCUT2D eigenvalue weighted by molar-refractivity contribution is 7.08. The quantitative estimate of drug-likeness (QED) is 0.250. The van der Waals surface area contributed by atoms with Crippen LogP contribution in [0.25, 0.3) is 32.3 Å². The van der Waals surface area contributed by atoms with Crippen molar-refractivity contribution in [3.63, 3.8) is 0 Å². The van der Waals surface area contributed by atoms with E-state index in [9.17, 15) is 0 Å². The molecule has 0 saturated carbocycles. The highest BCUT2D eigenvalue weighted by Crippen LogP contribution is 2.21. The number of benzene rings is 6. The first-order chi connectivity index (χ1) is 16.3. The van der Waals surface area contributed by atoms with Crippen molar-refractivity contribution in [2.45, 2.75) is 0 Å². The molecule has 0 bridgehead atoms. The lowest BCUT2D eigenvalue weighted by Gasteiger charge is -2.33. The maximum atomic E-state index is 6.74. The van der Waals surface area contributed by atoms with Gasteiger partial charge in [0.25, 0.3) is 8.32 Å². The first kappa shape index (κ1) is 19.9. The van der Waals surface area contributed by atoms with E-state index in [0.29, 0.717) is 0 Å². The molecule has 0 heterocycles. The number of hydrogen-bond donors (Lipinski definition) is 0. The van der Waals surface area contributed by atoms with Gasteiger partial charge in [-0.3, -0.25) is 0 Å². The lowest BCUT2D eigenvalue weighted by Crippen LogP contribution is -2.69. The average Bonchev–Trinajstić information content (AvgIpc) is 2.89. The summed E-state index contributed by atoms with van der Waals surface area (Å²) in [4.78, 5) is 0. The maximum Gasteiger partial charge on any atom is 0.288 e. The minimum atomic E-state index is -2.80. The van der Waals surface area contributed by atoms with Crippen molar-refractivity contribution in [1.82, 2.24) is 0 Å². The van der Waals surface area contributed by atoms with Gasteiger partial charge in [-0.05, 0) is 47.9 Å². The van der Waals surface area contributed by atoms with E-state index in [4.69, 9.17) is 4.43 Å². The number of hydrogen-bond acceptors (Lipinski definition) is 1. The fourth-order valence-electron chi connectivity index (χ4n) is 5.17. The molecule has 0 radical (unpaired) electrons. The molecule has 33 heavy (non-hydrogen) atoms. The van der Waals surface area contributed by atoms with Gasteiger partial charge in [0.2, 0.25) is 0 Å². The van der Waals surface area contributed by atoms with Gasteiger partial charge in [-0.1, -0.05) is 127 Å². The van der Waals surface area contributed by atoms with E-state index in [1.807, 2.05) is 7.11 Å². The Labute approximate surface area is 195 Å². The van der Waals surface area contributed by atoms with Crippen molar-refractivity contribution in [2.75, 3.05) is 7.11 Å². The largest absolute Gasteiger partial charge is 0.408 e. The molecule has 2 heteroatoms. The molecule has 0 saturated heterocycles. The van der Waals surface area contributed by atoms with E-state index in [-0.39, 0.29) is 0 Å². The lowest BCUT2D eigenvalue weighted by molar-refractivity contribution is 0.427. The summed E-state index contributed by atoms with van der Waals surface area (Å²) in [5, 5.41) is 11.3. The van der Waals surface area contributed by atoms with Crippen LogP contribution < -0.4 is 15.6 Å². The van der Waals surface area contributed by atoms with Crippen molar-refractivity contribution in [3.8, 4) is 0 Å². The molecule has 0 fully saturated rings. The Kier molecular flexibility index (Phi) is 4.83. The van der Waals surface area contributed by atoms with Gasteiger partial charge in [0.15, 0.2) is 0 Å². The first-order valence-corrected chi connectivity index (χ1v) is 13.2. The Hall–Kier alpha value is -3.72. The molecular formula is C31H24OSi. The topological polar surface area (TPSA) is 9.23 Å². The molecule has 6 aromatic rings. The Bertz CT molecular complexity index is 1530. The zero-order valence-corrected chi connectivity index (χ0v) is 19.5. The van der Waals surface area contributed by atoms with Crippen LogP contribution in [0.15, 0.2) is 127 Å². The fourth-order valence-corrected chi connectivity index (χ4v) is 9.11. The van der Waals surface area contributed by atoms with Gasteiger partial charge in [-0.25, -0.2) is 0 Å². The third-order valence-corrected chi connectivity index (χ3v) is 10.8. The Balaban J connectivity index is 1.73. The molecule has 0 aliphatic heterocycles. The van der Waals surface area contributed by atoms with Crippen molar-refractivity contribution < 1.29 is 4.43 Å². The van der Waals surface area contributed by atoms with Crippen molar-refractivity contribution in [3.05, 3.63) is 127 Å². The highest BCUT2D eigenvalue weighted by Gasteiger charge is 2.42. The minimum Gasteiger partial charge on any atom is -0.408 e. The summed E-state index contributed by atoms with van der Waals surface area (Å²) in [6.45, 7) is 0. The molecule has 0 spiro atoms. The Morgan fingerprint density at radius 2 is 0.939 bits per heavy atom. The molecule has 0 amide bonds. The van der Waals surface area contributed by atoms with E-state index < -0.39 is 8.32 Å². The molecule has 0 aliphatic rings. The molecule has 0 aromatic heterocycles. The normalized spacial score (nSPS) is 11.9. The van der Waals surface area contributed by atoms with Gasteiger partial charge in [0, 0.05) is 7.11 Å². The summed E-state index contributed by atoms with van der Waals surface area (Å²) in [7, 11) is -0.909. The smallest absolute Gasteiger partial charge is 0.288 e. The van der Waals surface area contributed by atoms with Gasteiger partial charge in [-0.15, -0.1) is 0 Å². The summed E-state index contributed by atoms with van der Waals surface area (Å²) >= 11 is 0. The second kappa shape index (κ2) is 8.00. The third kappa shape index (κ3) is 3.19. The van der Waals surface area contributed by atoms with Crippen LogP contribution in [0.5, 0.6) is 0 Å². The molecule has 6 rings (SSSR count). The van der Waals surface area contributed by atoms with Crippen LogP contribution >= 0.6 is 0 Å². The maximum absolute atomic E-state index is 6.74. The zero-order chi connectivity index (χ0) is 22.3. The van der Waals surface area contributed by atoms with Crippen LogP contribution in [-0.2, 0) is 4.43 Å². The van der Waals surface area contributed by atoms with Crippen LogP contribution in [0.1, 0.15) is 0 Å². The number of rotatable bonds is 4. The molecular weight excluding hydrogens is 416 g/mol. The first-order valence-electron chi connectivity index (χ1n) is 11.3. The van der Waals surface area contributed by atoms with Crippen LogP contribution in [0, 0.1) is 0 Å². The van der Waals surface area contributed by atoms with Crippen molar-refractivity contribution in [1.29, 1.82) is 0 Å². The molecule has 0 aliphatic carbocycles.